The lowest BCUT2D eigenvalue weighted by Gasteiger charge is -2.22. The Morgan fingerprint density at radius 3 is 2.63 bits per heavy atom. The molecule has 0 bridgehead atoms. The van der Waals surface area contributed by atoms with E-state index in [-0.39, 0.29) is 0 Å². The molecule has 1 N–H and O–H groups in total. The molecule has 2 rings (SSSR count). The molecule has 4 heteroatoms. The predicted molar refractivity (Wildman–Crippen MR) is 75.2 cm³/mol. The molecule has 19 heavy (non-hydrogen) atoms. The highest BCUT2D eigenvalue weighted by atomic mass is 16.6. The SMILES string of the molecule is CCC(CC)NCc1cc(OC)c2c(c1)OCCO2. The molecule has 0 aromatic heterocycles. The van der Waals surface area contributed by atoms with Crippen molar-refractivity contribution < 1.29 is 14.2 Å². The molecule has 1 aromatic carbocycles. The van der Waals surface area contributed by atoms with Crippen molar-refractivity contribution in [3.05, 3.63) is 17.7 Å². The van der Waals surface area contributed by atoms with Crippen molar-refractivity contribution in [3.63, 3.8) is 0 Å². The normalized spacial score (nSPS) is 13.7. The number of fused-ring (bicyclic) bond motifs is 1. The Bertz CT molecular complexity index is 399. The number of nitrogens with one attached hydrogen (secondary N) is 1. The number of hydrogen-bond donors (Lipinski definition) is 1. The maximum Gasteiger partial charge on any atom is 0.203 e. The summed E-state index contributed by atoms with van der Waals surface area (Å²) in [7, 11) is 1.66. The highest BCUT2D eigenvalue weighted by molar-refractivity contribution is 5.54. The van der Waals surface area contributed by atoms with E-state index >= 15 is 0 Å². The molecule has 1 aliphatic rings. The molecule has 1 heterocycles. The van der Waals surface area contributed by atoms with Crippen LogP contribution in [0.25, 0.3) is 0 Å². The summed E-state index contributed by atoms with van der Waals surface area (Å²) in [6.07, 6.45) is 2.27. The summed E-state index contributed by atoms with van der Waals surface area (Å²) in [4.78, 5) is 0. The van der Waals surface area contributed by atoms with Crippen LogP contribution in [0.2, 0.25) is 0 Å². The number of benzene rings is 1. The van der Waals surface area contributed by atoms with Gasteiger partial charge in [0.2, 0.25) is 5.75 Å². The van der Waals surface area contributed by atoms with Crippen LogP contribution in [0.4, 0.5) is 0 Å². The minimum Gasteiger partial charge on any atom is -0.493 e. The van der Waals surface area contributed by atoms with Crippen molar-refractivity contribution in [1.29, 1.82) is 0 Å². The van der Waals surface area contributed by atoms with E-state index in [1.807, 2.05) is 12.1 Å². The zero-order valence-electron chi connectivity index (χ0n) is 12.0. The van der Waals surface area contributed by atoms with Crippen LogP contribution in [-0.4, -0.2) is 26.4 Å². The molecule has 0 spiro atoms. The molecule has 0 radical (unpaired) electrons. The summed E-state index contributed by atoms with van der Waals surface area (Å²) in [6, 6.07) is 4.61. The van der Waals surface area contributed by atoms with Crippen molar-refractivity contribution >= 4 is 0 Å². The Balaban J connectivity index is 2.13. The molecule has 106 valence electrons. The van der Waals surface area contributed by atoms with Gasteiger partial charge in [-0.25, -0.2) is 0 Å². The van der Waals surface area contributed by atoms with Crippen molar-refractivity contribution in [2.45, 2.75) is 39.3 Å². The molecule has 0 unspecified atom stereocenters. The highest BCUT2D eigenvalue weighted by Crippen LogP contribution is 2.40. The number of rotatable bonds is 6. The van der Waals surface area contributed by atoms with Gasteiger partial charge in [0.05, 0.1) is 7.11 Å². The molecule has 0 aliphatic carbocycles. The number of ether oxygens (including phenoxy) is 3. The third-order valence-corrected chi connectivity index (χ3v) is 3.47. The van der Waals surface area contributed by atoms with Crippen LogP contribution in [-0.2, 0) is 6.54 Å². The van der Waals surface area contributed by atoms with Crippen LogP contribution >= 0.6 is 0 Å². The van der Waals surface area contributed by atoms with Crippen LogP contribution < -0.4 is 19.5 Å². The monoisotopic (exact) mass is 265 g/mol. The lowest BCUT2D eigenvalue weighted by Crippen LogP contribution is -2.27. The molecule has 0 atom stereocenters. The molecular weight excluding hydrogens is 242 g/mol. The second kappa shape index (κ2) is 6.66. The van der Waals surface area contributed by atoms with Gasteiger partial charge in [-0.1, -0.05) is 13.8 Å². The summed E-state index contributed by atoms with van der Waals surface area (Å²) < 4.78 is 16.6. The van der Waals surface area contributed by atoms with Gasteiger partial charge in [-0.3, -0.25) is 0 Å². The van der Waals surface area contributed by atoms with Gasteiger partial charge in [0.1, 0.15) is 13.2 Å². The lowest BCUT2D eigenvalue weighted by atomic mass is 10.1. The van der Waals surface area contributed by atoms with E-state index in [0.29, 0.717) is 19.3 Å². The molecular formula is C15H23NO3. The molecule has 4 nitrogen and oxygen atoms in total. The van der Waals surface area contributed by atoms with E-state index in [9.17, 15) is 0 Å². The first-order valence-electron chi connectivity index (χ1n) is 6.98. The van der Waals surface area contributed by atoms with E-state index in [1.54, 1.807) is 7.11 Å². The fourth-order valence-electron chi connectivity index (χ4n) is 2.27. The summed E-state index contributed by atoms with van der Waals surface area (Å²) in [5, 5.41) is 3.54. The zero-order valence-corrected chi connectivity index (χ0v) is 12.0. The molecule has 1 aliphatic heterocycles. The fraction of sp³-hybridized carbons (Fsp3) is 0.600. The van der Waals surface area contributed by atoms with Crippen molar-refractivity contribution in [2.24, 2.45) is 0 Å². The third-order valence-electron chi connectivity index (χ3n) is 3.47. The second-order valence-electron chi connectivity index (χ2n) is 4.72. The Labute approximate surface area is 115 Å². The highest BCUT2D eigenvalue weighted by Gasteiger charge is 2.18. The van der Waals surface area contributed by atoms with Crippen molar-refractivity contribution in [2.75, 3.05) is 20.3 Å². The number of hydrogen-bond acceptors (Lipinski definition) is 4. The van der Waals surface area contributed by atoms with E-state index in [4.69, 9.17) is 14.2 Å². The second-order valence-corrected chi connectivity index (χ2v) is 4.72. The molecule has 1 aromatic rings. The quantitative estimate of drug-likeness (QED) is 0.858. The van der Waals surface area contributed by atoms with Gasteiger partial charge in [-0.15, -0.1) is 0 Å². The Kier molecular flexibility index (Phi) is 4.91. The Morgan fingerprint density at radius 1 is 1.21 bits per heavy atom. The number of methoxy groups -OCH3 is 1. The molecule has 0 saturated heterocycles. The minimum absolute atomic E-state index is 0.555. The van der Waals surface area contributed by atoms with Gasteiger partial charge in [0.25, 0.3) is 0 Å². The smallest absolute Gasteiger partial charge is 0.203 e. The zero-order chi connectivity index (χ0) is 13.7. The summed E-state index contributed by atoms with van der Waals surface area (Å²) in [6.45, 7) is 6.39. The lowest BCUT2D eigenvalue weighted by molar-refractivity contribution is 0.165. The summed E-state index contributed by atoms with van der Waals surface area (Å²) in [5.41, 5.74) is 1.16. The van der Waals surface area contributed by atoms with Crippen LogP contribution in [0.15, 0.2) is 12.1 Å². The molecule has 0 saturated carbocycles. The van der Waals surface area contributed by atoms with Crippen LogP contribution in [0.3, 0.4) is 0 Å². The predicted octanol–water partition coefficient (Wildman–Crippen LogP) is 2.74. The van der Waals surface area contributed by atoms with E-state index in [0.717, 1.165) is 42.2 Å². The minimum atomic E-state index is 0.555. The standard InChI is InChI=1S/C15H23NO3/c1-4-12(5-2)16-10-11-8-13(17-3)15-14(9-11)18-6-7-19-15/h8-9,12,16H,4-7,10H2,1-3H3. The third kappa shape index (κ3) is 3.32. The fourth-order valence-corrected chi connectivity index (χ4v) is 2.27. The van der Waals surface area contributed by atoms with E-state index in [1.165, 1.54) is 0 Å². The van der Waals surface area contributed by atoms with Crippen molar-refractivity contribution in [1.82, 2.24) is 5.32 Å². The van der Waals surface area contributed by atoms with Gasteiger partial charge in [0.15, 0.2) is 11.5 Å². The van der Waals surface area contributed by atoms with Gasteiger partial charge >= 0.3 is 0 Å². The van der Waals surface area contributed by atoms with Crippen LogP contribution in [0, 0.1) is 0 Å². The maximum atomic E-state index is 5.63. The van der Waals surface area contributed by atoms with Crippen LogP contribution in [0.1, 0.15) is 32.3 Å². The van der Waals surface area contributed by atoms with E-state index in [2.05, 4.69) is 19.2 Å². The largest absolute Gasteiger partial charge is 0.493 e. The summed E-state index contributed by atoms with van der Waals surface area (Å²) >= 11 is 0. The average molecular weight is 265 g/mol. The Hall–Kier alpha value is -1.42. The summed E-state index contributed by atoms with van der Waals surface area (Å²) in [5.74, 6) is 2.26. The van der Waals surface area contributed by atoms with Gasteiger partial charge in [0, 0.05) is 12.6 Å². The molecule has 0 fully saturated rings. The van der Waals surface area contributed by atoms with Gasteiger partial charge in [-0.2, -0.15) is 0 Å². The molecule has 0 amide bonds. The first-order valence-corrected chi connectivity index (χ1v) is 6.98. The maximum absolute atomic E-state index is 5.63. The first kappa shape index (κ1) is 14.0. The topological polar surface area (TPSA) is 39.7 Å². The van der Waals surface area contributed by atoms with Gasteiger partial charge < -0.3 is 19.5 Å². The van der Waals surface area contributed by atoms with Crippen LogP contribution in [0.5, 0.6) is 17.2 Å². The first-order chi connectivity index (χ1) is 9.28. The average Bonchev–Trinajstić information content (AvgIpc) is 2.47. The Morgan fingerprint density at radius 2 is 1.95 bits per heavy atom. The van der Waals surface area contributed by atoms with Crippen molar-refractivity contribution in [3.8, 4) is 17.2 Å². The van der Waals surface area contributed by atoms with Gasteiger partial charge in [-0.05, 0) is 30.5 Å². The van der Waals surface area contributed by atoms with E-state index < -0.39 is 0 Å².